The number of aliphatic hydroxyl groups is 3. The van der Waals surface area contributed by atoms with E-state index in [0.29, 0.717) is 6.42 Å². The lowest BCUT2D eigenvalue weighted by atomic mass is 9.96. The minimum Gasteiger partial charge on any atom is -0.467 e. The first-order chi connectivity index (χ1) is 13.9. The lowest BCUT2D eigenvalue weighted by molar-refractivity contribution is -0.187. The van der Waals surface area contributed by atoms with Crippen LogP contribution in [0.25, 0.3) is 11.2 Å². The molecular formula is C18H23N5O6. The van der Waals surface area contributed by atoms with Crippen molar-refractivity contribution in [3.63, 3.8) is 0 Å². The second-order valence-electron chi connectivity index (χ2n) is 6.64. The molecular weight excluding hydrogens is 382 g/mol. The fraction of sp³-hybridized carbons (Fsp3) is 0.556. The minimum atomic E-state index is -2.14. The van der Waals surface area contributed by atoms with E-state index in [1.54, 1.807) is 0 Å². The van der Waals surface area contributed by atoms with Gasteiger partial charge in [0.2, 0.25) is 11.4 Å². The number of nitrogens with two attached hydrogens (primary N) is 1. The summed E-state index contributed by atoms with van der Waals surface area (Å²) in [7, 11) is 1.08. The quantitative estimate of drug-likeness (QED) is 0.278. The number of rotatable bonds is 5. The average Bonchev–Trinajstić information content (AvgIpc) is 3.25. The first kappa shape index (κ1) is 20.9. The number of hydrogen-bond donors (Lipinski definition) is 4. The van der Waals surface area contributed by atoms with Crippen molar-refractivity contribution >= 4 is 23.0 Å². The predicted molar refractivity (Wildman–Crippen MR) is 100 cm³/mol. The largest absolute Gasteiger partial charge is 0.467 e. The van der Waals surface area contributed by atoms with E-state index in [1.165, 1.54) is 10.9 Å². The lowest BCUT2D eigenvalue weighted by Gasteiger charge is -2.26. The van der Waals surface area contributed by atoms with E-state index in [2.05, 4.69) is 38.5 Å². The van der Waals surface area contributed by atoms with Crippen LogP contribution in [0.5, 0.6) is 0 Å². The number of aliphatic hydroxyl groups excluding tert-OH is 3. The predicted octanol–water partition coefficient (Wildman–Crippen LogP) is -0.895. The molecule has 2 unspecified atom stereocenters. The van der Waals surface area contributed by atoms with Gasteiger partial charge in [0.25, 0.3) is 0 Å². The van der Waals surface area contributed by atoms with Crippen LogP contribution in [0.4, 0.5) is 5.82 Å². The molecule has 3 heterocycles. The molecule has 0 amide bonds. The standard InChI is InChI=1S/C18H23N5O6/c1-3-4-5-6-7-10-21-14(19)11-15(22-10)23(9-20-11)16-12(25)13(26)18(8-24,29-16)17(27)28-2/h9,12-13,16,24-26H,3-5,8H2,1-2H3,(H2,19,21,22)/t12?,13?,16-,18-/m1/s1. The number of carbonyl (C=O) groups excluding carboxylic acids is 1. The molecule has 0 aromatic carbocycles. The second-order valence-corrected chi connectivity index (χ2v) is 6.64. The molecule has 4 atom stereocenters. The van der Waals surface area contributed by atoms with Crippen LogP contribution >= 0.6 is 0 Å². The van der Waals surface area contributed by atoms with Gasteiger partial charge in [-0.2, -0.15) is 0 Å². The van der Waals surface area contributed by atoms with Crippen molar-refractivity contribution in [1.82, 2.24) is 19.5 Å². The molecule has 11 nitrogen and oxygen atoms in total. The van der Waals surface area contributed by atoms with Crippen LogP contribution in [0.15, 0.2) is 6.33 Å². The number of carbonyl (C=O) groups is 1. The molecule has 0 saturated carbocycles. The number of imidazole rings is 1. The van der Waals surface area contributed by atoms with E-state index < -0.39 is 36.6 Å². The Hall–Kier alpha value is -2.78. The molecule has 1 saturated heterocycles. The Morgan fingerprint density at radius 2 is 2.21 bits per heavy atom. The van der Waals surface area contributed by atoms with Gasteiger partial charge in [-0.3, -0.25) is 4.57 Å². The monoisotopic (exact) mass is 405 g/mol. The van der Waals surface area contributed by atoms with Crippen molar-refractivity contribution in [1.29, 1.82) is 0 Å². The number of ether oxygens (including phenoxy) is 2. The van der Waals surface area contributed by atoms with Crippen LogP contribution < -0.4 is 5.73 Å². The summed E-state index contributed by atoms with van der Waals surface area (Å²) in [6, 6.07) is 0. The van der Waals surface area contributed by atoms with Crippen LogP contribution in [0.2, 0.25) is 0 Å². The number of nitrogen functional groups attached to an aromatic ring is 1. The van der Waals surface area contributed by atoms with E-state index >= 15 is 0 Å². The van der Waals surface area contributed by atoms with Crippen molar-refractivity contribution in [2.75, 3.05) is 19.5 Å². The van der Waals surface area contributed by atoms with Crippen molar-refractivity contribution in [2.24, 2.45) is 0 Å². The maximum atomic E-state index is 12.1. The molecule has 5 N–H and O–H groups in total. The lowest BCUT2D eigenvalue weighted by Crippen LogP contribution is -2.53. The number of esters is 1. The number of aromatic nitrogens is 4. The third-order valence-corrected chi connectivity index (χ3v) is 4.77. The summed E-state index contributed by atoms with van der Waals surface area (Å²) in [5, 5.41) is 30.5. The van der Waals surface area contributed by atoms with Crippen molar-refractivity contribution < 1.29 is 29.6 Å². The Bertz CT molecular complexity index is 967. The molecule has 2 aromatic rings. The molecule has 1 fully saturated rings. The number of unbranched alkanes of at least 4 members (excludes halogenated alkanes) is 2. The fourth-order valence-electron chi connectivity index (χ4n) is 3.13. The van der Waals surface area contributed by atoms with E-state index in [9.17, 15) is 20.1 Å². The number of anilines is 1. The molecule has 0 spiro atoms. The number of methoxy groups -OCH3 is 1. The topological polar surface area (TPSA) is 166 Å². The van der Waals surface area contributed by atoms with Gasteiger partial charge in [-0.25, -0.2) is 19.7 Å². The molecule has 0 aliphatic carbocycles. The van der Waals surface area contributed by atoms with E-state index in [0.717, 1.165) is 20.0 Å². The highest BCUT2D eigenvalue weighted by Crippen LogP contribution is 2.39. The fourth-order valence-corrected chi connectivity index (χ4v) is 3.13. The molecule has 29 heavy (non-hydrogen) atoms. The van der Waals surface area contributed by atoms with Crippen LogP contribution in [0.1, 0.15) is 38.2 Å². The molecule has 1 aliphatic heterocycles. The van der Waals surface area contributed by atoms with Gasteiger partial charge < -0.3 is 30.5 Å². The zero-order chi connectivity index (χ0) is 21.2. The van der Waals surface area contributed by atoms with Crippen molar-refractivity contribution in [3.8, 4) is 11.8 Å². The minimum absolute atomic E-state index is 0.0861. The summed E-state index contributed by atoms with van der Waals surface area (Å²) < 4.78 is 11.5. The normalized spacial score (nSPS) is 26.3. The van der Waals surface area contributed by atoms with Gasteiger partial charge in [-0.05, 0) is 12.3 Å². The summed E-state index contributed by atoms with van der Waals surface area (Å²) >= 11 is 0. The molecule has 0 radical (unpaired) electrons. The van der Waals surface area contributed by atoms with Crippen LogP contribution in [-0.2, 0) is 14.3 Å². The van der Waals surface area contributed by atoms with Crippen molar-refractivity contribution in [2.45, 2.75) is 50.2 Å². The van der Waals surface area contributed by atoms with Gasteiger partial charge in [0.15, 0.2) is 17.7 Å². The van der Waals surface area contributed by atoms with Crippen LogP contribution in [0.3, 0.4) is 0 Å². The maximum absolute atomic E-state index is 12.1. The summed E-state index contributed by atoms with van der Waals surface area (Å²) in [5.74, 6) is 5.03. The molecule has 3 rings (SSSR count). The van der Waals surface area contributed by atoms with Crippen molar-refractivity contribution in [3.05, 3.63) is 12.2 Å². The third-order valence-electron chi connectivity index (χ3n) is 4.77. The van der Waals surface area contributed by atoms with E-state index in [4.69, 9.17) is 10.5 Å². The van der Waals surface area contributed by atoms with Crippen LogP contribution in [-0.4, -0.2) is 72.3 Å². The van der Waals surface area contributed by atoms with Gasteiger partial charge in [-0.15, -0.1) is 0 Å². The summed E-state index contributed by atoms with van der Waals surface area (Å²) in [6.45, 7) is 1.16. The van der Waals surface area contributed by atoms with Gasteiger partial charge >= 0.3 is 5.97 Å². The number of hydrogen-bond acceptors (Lipinski definition) is 10. The first-order valence-electron chi connectivity index (χ1n) is 9.11. The SMILES string of the molecule is CCCCC#Cc1nc(N)c2ncn([C@@H]3O[C@@](CO)(C(=O)OC)C(O)C3O)c2n1. The third kappa shape index (κ3) is 3.51. The van der Waals surface area contributed by atoms with Gasteiger partial charge in [0, 0.05) is 6.42 Å². The number of nitrogens with zero attached hydrogens (tertiary/aromatic N) is 4. The Balaban J connectivity index is 2.02. The highest BCUT2D eigenvalue weighted by Gasteiger charge is 2.60. The molecule has 11 heteroatoms. The van der Waals surface area contributed by atoms with Gasteiger partial charge in [-0.1, -0.05) is 19.3 Å². The first-order valence-corrected chi connectivity index (χ1v) is 9.11. The molecule has 0 bridgehead atoms. The Morgan fingerprint density at radius 3 is 2.86 bits per heavy atom. The highest BCUT2D eigenvalue weighted by atomic mass is 16.6. The van der Waals surface area contributed by atoms with Gasteiger partial charge in [0.05, 0.1) is 20.0 Å². The molecule has 2 aromatic heterocycles. The zero-order valence-corrected chi connectivity index (χ0v) is 16.1. The van der Waals surface area contributed by atoms with Crippen LogP contribution in [0, 0.1) is 11.8 Å². The average molecular weight is 405 g/mol. The smallest absolute Gasteiger partial charge is 0.343 e. The zero-order valence-electron chi connectivity index (χ0n) is 16.1. The second kappa shape index (κ2) is 8.30. The summed E-state index contributed by atoms with van der Waals surface area (Å²) in [5.41, 5.74) is 4.25. The Morgan fingerprint density at radius 1 is 1.45 bits per heavy atom. The highest BCUT2D eigenvalue weighted by molar-refractivity contribution is 5.83. The summed E-state index contributed by atoms with van der Waals surface area (Å²) in [6.07, 6.45) is -0.670. The number of fused-ring (bicyclic) bond motifs is 1. The molecule has 156 valence electrons. The van der Waals surface area contributed by atoms with Gasteiger partial charge in [0.1, 0.15) is 17.7 Å². The van der Waals surface area contributed by atoms with E-state index in [-0.39, 0.29) is 22.8 Å². The Kier molecular flexibility index (Phi) is 5.99. The maximum Gasteiger partial charge on any atom is 0.343 e. The van der Waals surface area contributed by atoms with E-state index in [1.807, 2.05) is 0 Å². The Labute approximate surface area is 166 Å². The summed E-state index contributed by atoms with van der Waals surface area (Å²) in [4.78, 5) is 24.7. The molecule has 1 aliphatic rings.